The summed E-state index contributed by atoms with van der Waals surface area (Å²) in [5, 5.41) is 13.4. The maximum absolute atomic E-state index is 11.8. The molecule has 0 aliphatic rings. The quantitative estimate of drug-likeness (QED) is 0.287. The average Bonchev–Trinajstić information content (AvgIpc) is 2.57. The van der Waals surface area contributed by atoms with E-state index in [1.165, 1.54) is 0 Å². The highest BCUT2D eigenvalue weighted by molar-refractivity contribution is 5.87. The van der Waals surface area contributed by atoms with Gasteiger partial charge in [-0.15, -0.1) is 0 Å². The molecular formula is C21H35NO2. The molecule has 1 atom stereocenters. The van der Waals surface area contributed by atoms with Gasteiger partial charge in [-0.1, -0.05) is 75.6 Å². The van der Waals surface area contributed by atoms with E-state index in [4.69, 9.17) is 0 Å². The maximum Gasteiger partial charge on any atom is 0.243 e. The number of rotatable bonds is 13. The summed E-state index contributed by atoms with van der Waals surface area (Å²) >= 11 is 0. The van der Waals surface area contributed by atoms with Gasteiger partial charge in [0.25, 0.3) is 0 Å². The molecule has 0 saturated carbocycles. The van der Waals surface area contributed by atoms with Crippen molar-refractivity contribution < 1.29 is 9.90 Å². The third-order valence-electron chi connectivity index (χ3n) is 3.73. The largest absolute Gasteiger partial charge is 0.388 e. The maximum atomic E-state index is 11.8. The van der Waals surface area contributed by atoms with E-state index >= 15 is 0 Å². The highest BCUT2D eigenvalue weighted by Crippen LogP contribution is 2.19. The van der Waals surface area contributed by atoms with Crippen LogP contribution in [-0.4, -0.2) is 23.2 Å². The molecule has 0 heterocycles. The third-order valence-corrected chi connectivity index (χ3v) is 3.73. The minimum absolute atomic E-state index is 0.127. The number of amides is 1. The van der Waals surface area contributed by atoms with Crippen LogP contribution in [0.4, 0.5) is 0 Å². The van der Waals surface area contributed by atoms with Crippen LogP contribution in [0.1, 0.15) is 65.7 Å². The Morgan fingerprint density at radius 3 is 2.38 bits per heavy atom. The molecule has 1 amide bonds. The second kappa shape index (κ2) is 14.9. The molecule has 0 aliphatic heterocycles. The molecule has 0 aromatic rings. The van der Waals surface area contributed by atoms with Gasteiger partial charge in [-0.25, -0.2) is 0 Å². The van der Waals surface area contributed by atoms with Crippen molar-refractivity contribution in [3.8, 4) is 0 Å². The number of carbonyl (C=O) groups is 1. The first-order valence-electron chi connectivity index (χ1n) is 9.19. The Morgan fingerprint density at radius 1 is 1.00 bits per heavy atom. The Morgan fingerprint density at radius 2 is 1.71 bits per heavy atom. The van der Waals surface area contributed by atoms with E-state index < -0.39 is 5.60 Å². The van der Waals surface area contributed by atoms with E-state index in [0.717, 1.165) is 44.9 Å². The predicted molar refractivity (Wildman–Crippen MR) is 104 cm³/mol. The van der Waals surface area contributed by atoms with E-state index in [9.17, 15) is 9.90 Å². The molecule has 0 radical (unpaired) electrons. The van der Waals surface area contributed by atoms with Crippen LogP contribution in [0.5, 0.6) is 0 Å². The first kappa shape index (κ1) is 22.4. The molecule has 0 spiro atoms. The number of allylic oxidation sites excluding steroid dienone is 7. The van der Waals surface area contributed by atoms with Crippen LogP contribution in [0, 0.1) is 0 Å². The minimum Gasteiger partial charge on any atom is -0.388 e. The van der Waals surface area contributed by atoms with E-state index in [0.29, 0.717) is 6.54 Å². The summed E-state index contributed by atoms with van der Waals surface area (Å²) in [5.41, 5.74) is -0.768. The molecule has 0 bridgehead atoms. The lowest BCUT2D eigenvalue weighted by molar-refractivity contribution is -0.118. The van der Waals surface area contributed by atoms with Crippen molar-refractivity contribution in [1.82, 2.24) is 5.32 Å². The molecule has 0 aromatic carbocycles. The van der Waals surface area contributed by atoms with Crippen LogP contribution >= 0.6 is 0 Å². The molecule has 0 aromatic heterocycles. The molecule has 3 heteroatoms. The van der Waals surface area contributed by atoms with Crippen molar-refractivity contribution >= 4 is 5.91 Å². The van der Waals surface area contributed by atoms with Crippen molar-refractivity contribution in [1.29, 1.82) is 0 Å². The van der Waals surface area contributed by atoms with Gasteiger partial charge in [0.05, 0.1) is 5.60 Å². The number of unbranched alkanes of at least 4 members (excludes halogenated alkanes) is 2. The molecule has 0 rings (SSSR count). The van der Waals surface area contributed by atoms with Gasteiger partial charge in [-0.2, -0.15) is 0 Å². The van der Waals surface area contributed by atoms with Crippen molar-refractivity contribution in [2.24, 2.45) is 0 Å². The second-order valence-corrected chi connectivity index (χ2v) is 6.11. The fourth-order valence-electron chi connectivity index (χ4n) is 2.38. The van der Waals surface area contributed by atoms with Gasteiger partial charge in [0.1, 0.15) is 0 Å². The number of carbonyl (C=O) groups excluding carboxylic acids is 1. The Bertz CT molecular complexity index is 435. The highest BCUT2D eigenvalue weighted by atomic mass is 16.3. The lowest BCUT2D eigenvalue weighted by Crippen LogP contribution is -2.42. The van der Waals surface area contributed by atoms with Crippen molar-refractivity contribution in [2.45, 2.75) is 71.3 Å². The van der Waals surface area contributed by atoms with Crippen LogP contribution in [0.3, 0.4) is 0 Å². The molecule has 3 nitrogen and oxygen atoms in total. The van der Waals surface area contributed by atoms with Crippen LogP contribution in [0.15, 0.2) is 48.6 Å². The Balaban J connectivity index is 4.05. The average molecular weight is 334 g/mol. The van der Waals surface area contributed by atoms with Gasteiger partial charge < -0.3 is 10.4 Å². The summed E-state index contributed by atoms with van der Waals surface area (Å²) in [4.78, 5) is 11.8. The second-order valence-electron chi connectivity index (χ2n) is 6.11. The monoisotopic (exact) mass is 333 g/mol. The van der Waals surface area contributed by atoms with Crippen LogP contribution in [0.2, 0.25) is 0 Å². The summed E-state index contributed by atoms with van der Waals surface area (Å²) in [6, 6.07) is 0. The van der Waals surface area contributed by atoms with Crippen molar-refractivity contribution in [3.05, 3.63) is 48.6 Å². The zero-order chi connectivity index (χ0) is 18.1. The lowest BCUT2D eigenvalue weighted by Gasteiger charge is -2.27. The van der Waals surface area contributed by atoms with Gasteiger partial charge >= 0.3 is 0 Å². The normalized spacial score (nSPS) is 15.0. The zero-order valence-corrected chi connectivity index (χ0v) is 15.6. The first-order valence-corrected chi connectivity index (χ1v) is 9.19. The lowest BCUT2D eigenvalue weighted by atomic mass is 9.91. The van der Waals surface area contributed by atoms with E-state index in [1.54, 1.807) is 6.08 Å². The van der Waals surface area contributed by atoms with Gasteiger partial charge in [-0.3, -0.25) is 4.79 Å². The van der Waals surface area contributed by atoms with Crippen LogP contribution in [0.25, 0.3) is 0 Å². The molecule has 1 unspecified atom stereocenters. The molecule has 0 fully saturated rings. The first-order chi connectivity index (χ1) is 11.6. The SMILES string of the molecule is CC=CC=CC=CCCC=CC(=O)NCC(O)(CCC)CCCC. The van der Waals surface area contributed by atoms with E-state index in [1.807, 2.05) is 43.4 Å². The topological polar surface area (TPSA) is 49.3 Å². The summed E-state index contributed by atoms with van der Waals surface area (Å²) in [7, 11) is 0. The van der Waals surface area contributed by atoms with Gasteiger partial charge in [-0.05, 0) is 38.7 Å². The van der Waals surface area contributed by atoms with E-state index in [2.05, 4.69) is 25.2 Å². The number of hydrogen-bond donors (Lipinski definition) is 2. The predicted octanol–water partition coefficient (Wildman–Crippen LogP) is 4.85. The standard InChI is InChI=1S/C21H35NO2/c1-4-7-9-10-11-12-13-14-15-16-20(23)22-19-21(24,17-6-3)18-8-5-2/h4,7,9-12,15-16,24H,5-6,8,13-14,17-19H2,1-3H3,(H,22,23). The number of nitrogens with one attached hydrogen (secondary N) is 1. The number of hydrogen-bond acceptors (Lipinski definition) is 2. The minimum atomic E-state index is -0.768. The smallest absolute Gasteiger partial charge is 0.243 e. The molecule has 2 N–H and O–H groups in total. The van der Waals surface area contributed by atoms with Gasteiger partial charge in [0.15, 0.2) is 0 Å². The Kier molecular flexibility index (Phi) is 13.9. The molecular weight excluding hydrogens is 298 g/mol. The van der Waals surface area contributed by atoms with Crippen molar-refractivity contribution in [2.75, 3.05) is 6.54 Å². The van der Waals surface area contributed by atoms with E-state index in [-0.39, 0.29) is 5.91 Å². The summed E-state index contributed by atoms with van der Waals surface area (Å²) in [6.07, 6.45) is 21.6. The van der Waals surface area contributed by atoms with Crippen LogP contribution in [-0.2, 0) is 4.79 Å². The zero-order valence-electron chi connectivity index (χ0n) is 15.6. The summed E-state index contributed by atoms with van der Waals surface area (Å²) < 4.78 is 0. The van der Waals surface area contributed by atoms with Crippen LogP contribution < -0.4 is 5.32 Å². The Labute approximate surface area is 148 Å². The Hall–Kier alpha value is -1.61. The number of aliphatic hydroxyl groups is 1. The molecule has 24 heavy (non-hydrogen) atoms. The molecule has 136 valence electrons. The summed E-state index contributed by atoms with van der Waals surface area (Å²) in [6.45, 7) is 6.48. The molecule has 0 aliphatic carbocycles. The third kappa shape index (κ3) is 12.9. The van der Waals surface area contributed by atoms with Crippen molar-refractivity contribution in [3.63, 3.8) is 0 Å². The summed E-state index contributed by atoms with van der Waals surface area (Å²) in [5.74, 6) is -0.127. The fraction of sp³-hybridized carbons (Fsp3) is 0.571. The molecule has 0 saturated heterocycles. The fourth-order valence-corrected chi connectivity index (χ4v) is 2.38. The van der Waals surface area contributed by atoms with Gasteiger partial charge in [0, 0.05) is 6.54 Å². The highest BCUT2D eigenvalue weighted by Gasteiger charge is 2.25. The van der Waals surface area contributed by atoms with Gasteiger partial charge in [0.2, 0.25) is 5.91 Å².